The molecule has 1 saturated carbocycles. The van der Waals surface area contributed by atoms with Crippen LogP contribution in [-0.2, 0) is 9.59 Å². The van der Waals surface area contributed by atoms with Gasteiger partial charge in [-0.15, -0.1) is 0 Å². The molecule has 1 fully saturated rings. The molecule has 1 aliphatic carbocycles. The van der Waals surface area contributed by atoms with Gasteiger partial charge in [-0.3, -0.25) is 4.79 Å². The Hall–Kier alpha value is -1.14. The number of hydrogen-bond acceptors (Lipinski definition) is 4. The first kappa shape index (κ1) is 13.9. The number of nitrogens with two attached hydrogens (primary N) is 1. The van der Waals surface area contributed by atoms with Gasteiger partial charge >= 0.3 is 5.97 Å². The molecule has 0 aromatic heterocycles. The smallest absolute Gasteiger partial charge is 0.337 e. The summed E-state index contributed by atoms with van der Waals surface area (Å²) in [6.07, 6.45) is 3.37. The van der Waals surface area contributed by atoms with Crippen molar-refractivity contribution in [2.45, 2.75) is 38.2 Å². The molecular weight excluding hydrogens is 224 g/mol. The average Bonchev–Trinajstić information content (AvgIpc) is 2.75. The van der Waals surface area contributed by atoms with Crippen LogP contribution in [0.2, 0.25) is 0 Å². The molecule has 6 nitrogen and oxygen atoms in total. The van der Waals surface area contributed by atoms with Crippen molar-refractivity contribution in [2.24, 2.45) is 11.1 Å². The minimum atomic E-state index is -1.94. The summed E-state index contributed by atoms with van der Waals surface area (Å²) in [6.45, 7) is 1.11. The fourth-order valence-electron chi connectivity index (χ4n) is 2.09. The summed E-state index contributed by atoms with van der Waals surface area (Å²) in [7, 11) is 0. The second-order valence-corrected chi connectivity index (χ2v) is 4.95. The molecule has 0 spiro atoms. The van der Waals surface area contributed by atoms with Crippen molar-refractivity contribution in [1.82, 2.24) is 5.32 Å². The van der Waals surface area contributed by atoms with Gasteiger partial charge in [0.05, 0.1) is 12.0 Å². The van der Waals surface area contributed by atoms with Gasteiger partial charge in [-0.1, -0.05) is 12.8 Å². The second-order valence-electron chi connectivity index (χ2n) is 4.95. The van der Waals surface area contributed by atoms with Crippen molar-refractivity contribution in [1.29, 1.82) is 0 Å². The molecule has 1 aliphatic rings. The van der Waals surface area contributed by atoms with Crippen LogP contribution >= 0.6 is 0 Å². The highest BCUT2D eigenvalue weighted by Gasteiger charge is 2.41. The number of aliphatic hydroxyl groups is 1. The van der Waals surface area contributed by atoms with Crippen molar-refractivity contribution in [2.75, 3.05) is 13.1 Å². The summed E-state index contributed by atoms with van der Waals surface area (Å²) < 4.78 is 0. The molecule has 0 saturated heterocycles. The summed E-state index contributed by atoms with van der Waals surface area (Å²) in [5, 5.41) is 20.7. The van der Waals surface area contributed by atoms with Crippen LogP contribution in [-0.4, -0.2) is 40.8 Å². The Balaban J connectivity index is 2.57. The first-order chi connectivity index (χ1) is 7.84. The van der Waals surface area contributed by atoms with Crippen molar-refractivity contribution in [3.05, 3.63) is 0 Å². The van der Waals surface area contributed by atoms with E-state index in [2.05, 4.69) is 5.32 Å². The van der Waals surface area contributed by atoms with E-state index >= 15 is 0 Å². The third-order valence-corrected chi connectivity index (χ3v) is 3.49. The lowest BCUT2D eigenvalue weighted by Crippen LogP contribution is -2.51. The quantitative estimate of drug-likeness (QED) is 0.518. The zero-order valence-corrected chi connectivity index (χ0v) is 10.0. The van der Waals surface area contributed by atoms with Crippen molar-refractivity contribution in [3.8, 4) is 0 Å². The Morgan fingerprint density at radius 1 is 1.41 bits per heavy atom. The summed E-state index contributed by atoms with van der Waals surface area (Å²) in [5.74, 6) is -1.61. The van der Waals surface area contributed by atoms with Gasteiger partial charge in [0, 0.05) is 6.54 Å². The van der Waals surface area contributed by atoms with E-state index in [4.69, 9.17) is 10.8 Å². The Morgan fingerprint density at radius 3 is 2.35 bits per heavy atom. The molecule has 0 aromatic rings. The number of carboxylic acids is 1. The fourth-order valence-corrected chi connectivity index (χ4v) is 2.09. The Labute approximate surface area is 100 Å². The molecule has 5 N–H and O–H groups in total. The molecule has 0 radical (unpaired) electrons. The first-order valence-electron chi connectivity index (χ1n) is 5.78. The Bertz CT molecular complexity index is 309. The maximum atomic E-state index is 12.0. The van der Waals surface area contributed by atoms with E-state index in [0.717, 1.165) is 32.6 Å². The van der Waals surface area contributed by atoms with Gasteiger partial charge in [0.1, 0.15) is 0 Å². The first-order valence-corrected chi connectivity index (χ1v) is 5.78. The molecule has 98 valence electrons. The molecule has 0 aromatic carbocycles. The van der Waals surface area contributed by atoms with Crippen LogP contribution in [0.1, 0.15) is 32.6 Å². The Kier molecular flexibility index (Phi) is 4.11. The molecule has 0 aliphatic heterocycles. The molecule has 1 unspecified atom stereocenters. The molecular formula is C11H20N2O4. The monoisotopic (exact) mass is 244 g/mol. The summed E-state index contributed by atoms with van der Waals surface area (Å²) >= 11 is 0. The standard InChI is InChI=1S/C11H20N2O4/c1-10(17,9(15)16)7-13-8(14)11(6-12)4-2-3-5-11/h17H,2-7,12H2,1H3,(H,13,14)(H,15,16). The number of carbonyl (C=O) groups is 2. The number of amides is 1. The van der Waals surface area contributed by atoms with Gasteiger partial charge < -0.3 is 21.3 Å². The predicted octanol–water partition coefficient (Wildman–Crippen LogP) is -0.543. The molecule has 6 heteroatoms. The highest BCUT2D eigenvalue weighted by Crippen LogP contribution is 2.37. The number of hydrogen-bond donors (Lipinski definition) is 4. The van der Waals surface area contributed by atoms with Crippen LogP contribution in [0.3, 0.4) is 0 Å². The van der Waals surface area contributed by atoms with Gasteiger partial charge in [0.15, 0.2) is 5.60 Å². The minimum absolute atomic E-state index is 0.251. The van der Waals surface area contributed by atoms with Gasteiger partial charge in [-0.2, -0.15) is 0 Å². The van der Waals surface area contributed by atoms with E-state index < -0.39 is 17.0 Å². The highest BCUT2D eigenvalue weighted by molar-refractivity contribution is 5.84. The number of carboxylic acid groups (broad SMARTS) is 1. The fraction of sp³-hybridized carbons (Fsp3) is 0.818. The topological polar surface area (TPSA) is 113 Å². The highest BCUT2D eigenvalue weighted by atomic mass is 16.4. The summed E-state index contributed by atoms with van der Waals surface area (Å²) in [4.78, 5) is 22.7. The number of nitrogens with one attached hydrogen (secondary N) is 1. The average molecular weight is 244 g/mol. The summed E-state index contributed by atoms with van der Waals surface area (Å²) in [5.41, 5.74) is 3.11. The lowest BCUT2D eigenvalue weighted by molar-refractivity contribution is -0.156. The molecule has 1 rings (SSSR count). The van der Waals surface area contributed by atoms with E-state index in [9.17, 15) is 14.7 Å². The van der Waals surface area contributed by atoms with Gasteiger partial charge in [-0.05, 0) is 19.8 Å². The SMILES string of the molecule is CC(O)(CNC(=O)C1(CN)CCCC1)C(=O)O. The third-order valence-electron chi connectivity index (χ3n) is 3.49. The van der Waals surface area contributed by atoms with Crippen LogP contribution in [0.5, 0.6) is 0 Å². The molecule has 0 heterocycles. The minimum Gasteiger partial charge on any atom is -0.479 e. The zero-order valence-electron chi connectivity index (χ0n) is 10.0. The van der Waals surface area contributed by atoms with Crippen molar-refractivity contribution >= 4 is 11.9 Å². The van der Waals surface area contributed by atoms with Gasteiger partial charge in [-0.25, -0.2) is 4.79 Å². The molecule has 1 atom stereocenters. The number of carbonyl (C=O) groups excluding carboxylic acids is 1. The predicted molar refractivity (Wildman–Crippen MR) is 61.2 cm³/mol. The van der Waals surface area contributed by atoms with E-state index in [1.165, 1.54) is 0 Å². The van der Waals surface area contributed by atoms with Crippen LogP contribution in [0.4, 0.5) is 0 Å². The number of rotatable bonds is 5. The Morgan fingerprint density at radius 2 is 1.94 bits per heavy atom. The van der Waals surface area contributed by atoms with Crippen LogP contribution in [0, 0.1) is 5.41 Å². The van der Waals surface area contributed by atoms with E-state index in [1.54, 1.807) is 0 Å². The second kappa shape index (κ2) is 5.01. The van der Waals surface area contributed by atoms with Crippen molar-refractivity contribution < 1.29 is 19.8 Å². The summed E-state index contributed by atoms with van der Waals surface area (Å²) in [6, 6.07) is 0. The zero-order chi connectivity index (χ0) is 13.1. The third kappa shape index (κ3) is 2.95. The number of aliphatic carboxylic acids is 1. The maximum Gasteiger partial charge on any atom is 0.337 e. The van der Waals surface area contributed by atoms with Crippen LogP contribution < -0.4 is 11.1 Å². The van der Waals surface area contributed by atoms with Crippen LogP contribution in [0.15, 0.2) is 0 Å². The lowest BCUT2D eigenvalue weighted by Gasteiger charge is -2.27. The maximum absolute atomic E-state index is 12.0. The molecule has 17 heavy (non-hydrogen) atoms. The largest absolute Gasteiger partial charge is 0.479 e. The molecule has 1 amide bonds. The molecule has 0 bridgehead atoms. The van der Waals surface area contributed by atoms with Crippen LogP contribution in [0.25, 0.3) is 0 Å². The van der Waals surface area contributed by atoms with Crippen molar-refractivity contribution in [3.63, 3.8) is 0 Å². The van der Waals surface area contributed by atoms with Gasteiger partial charge in [0.25, 0.3) is 0 Å². The lowest BCUT2D eigenvalue weighted by atomic mass is 9.85. The normalized spacial score (nSPS) is 21.8. The van der Waals surface area contributed by atoms with E-state index in [1.807, 2.05) is 0 Å². The van der Waals surface area contributed by atoms with Gasteiger partial charge in [0.2, 0.25) is 5.91 Å². The van der Waals surface area contributed by atoms with E-state index in [0.29, 0.717) is 0 Å². The van der Waals surface area contributed by atoms with E-state index in [-0.39, 0.29) is 19.0 Å².